The summed E-state index contributed by atoms with van der Waals surface area (Å²) in [6.45, 7) is 6.04. The third kappa shape index (κ3) is 4.39. The number of halogens is 3. The molecule has 0 fully saturated rings. The monoisotopic (exact) mass is 405 g/mol. The van der Waals surface area contributed by atoms with E-state index in [1.165, 1.54) is 23.9 Å². The molecule has 1 amide bonds. The normalized spacial score (nSPS) is 12.7. The fraction of sp³-hybridized carbons (Fsp3) is 0.200. The first-order chi connectivity index (χ1) is 13.3. The largest absolute Gasteiger partial charge is 0.416 e. The van der Waals surface area contributed by atoms with Crippen LogP contribution in [0.15, 0.2) is 66.3 Å². The maximum Gasteiger partial charge on any atom is 0.416 e. The lowest BCUT2D eigenvalue weighted by molar-refractivity contribution is -0.137. The Labute approximate surface area is 164 Å². The summed E-state index contributed by atoms with van der Waals surface area (Å²) < 4.78 is 39.9. The Morgan fingerprint density at radius 2 is 1.93 bits per heavy atom. The van der Waals surface area contributed by atoms with Crippen LogP contribution in [0, 0.1) is 0 Å². The van der Waals surface area contributed by atoms with Crippen molar-refractivity contribution in [3.8, 4) is 0 Å². The van der Waals surface area contributed by atoms with Crippen LogP contribution in [0.3, 0.4) is 0 Å². The van der Waals surface area contributed by atoms with Gasteiger partial charge in [0.2, 0.25) is 5.91 Å². The third-order valence-electron chi connectivity index (χ3n) is 4.06. The van der Waals surface area contributed by atoms with Gasteiger partial charge in [-0.2, -0.15) is 13.2 Å². The molecule has 1 atom stereocenters. The zero-order valence-electron chi connectivity index (χ0n) is 15.0. The summed E-state index contributed by atoms with van der Waals surface area (Å²) in [4.78, 5) is 17.0. The van der Waals surface area contributed by atoms with Crippen molar-refractivity contribution in [1.82, 2.24) is 9.55 Å². The number of aromatic nitrogens is 2. The number of rotatable bonds is 6. The highest BCUT2D eigenvalue weighted by Gasteiger charge is 2.30. The van der Waals surface area contributed by atoms with Gasteiger partial charge in [0.25, 0.3) is 0 Å². The number of nitrogens with one attached hydrogen (secondary N) is 1. The molecule has 0 spiro atoms. The quantitative estimate of drug-likeness (QED) is 0.444. The highest BCUT2D eigenvalue weighted by atomic mass is 32.2. The van der Waals surface area contributed by atoms with Crippen molar-refractivity contribution in [3.05, 3.63) is 66.7 Å². The lowest BCUT2D eigenvalue weighted by Gasteiger charge is -2.13. The molecule has 0 bridgehead atoms. The van der Waals surface area contributed by atoms with Gasteiger partial charge in [-0.1, -0.05) is 30.0 Å². The van der Waals surface area contributed by atoms with E-state index < -0.39 is 17.0 Å². The first kappa shape index (κ1) is 20.0. The second kappa shape index (κ2) is 8.10. The Balaban J connectivity index is 1.73. The third-order valence-corrected chi connectivity index (χ3v) is 5.15. The second-order valence-electron chi connectivity index (χ2n) is 6.11. The minimum absolute atomic E-state index is 0.310. The van der Waals surface area contributed by atoms with Crippen LogP contribution in [0.4, 0.5) is 18.9 Å². The van der Waals surface area contributed by atoms with E-state index >= 15 is 0 Å². The van der Waals surface area contributed by atoms with Crippen molar-refractivity contribution in [1.29, 1.82) is 0 Å². The van der Waals surface area contributed by atoms with E-state index in [0.717, 1.165) is 23.2 Å². The van der Waals surface area contributed by atoms with Gasteiger partial charge in [-0.3, -0.25) is 4.79 Å². The predicted octanol–water partition coefficient (Wildman–Crippen LogP) is 5.36. The molecular formula is C20H18F3N3OS. The summed E-state index contributed by atoms with van der Waals surface area (Å²) in [6.07, 6.45) is -2.65. The number of carbonyl (C=O) groups is 1. The zero-order chi connectivity index (χ0) is 20.3. The summed E-state index contributed by atoms with van der Waals surface area (Å²) >= 11 is 1.28. The van der Waals surface area contributed by atoms with Crippen LogP contribution in [-0.2, 0) is 17.5 Å². The average Bonchev–Trinajstić information content (AvgIpc) is 2.99. The lowest BCUT2D eigenvalue weighted by atomic mass is 10.2. The van der Waals surface area contributed by atoms with Gasteiger partial charge in [0, 0.05) is 12.2 Å². The first-order valence-electron chi connectivity index (χ1n) is 8.50. The summed E-state index contributed by atoms with van der Waals surface area (Å²) in [6, 6.07) is 12.0. The number of allylic oxidation sites excluding steroid dienone is 1. The average molecular weight is 405 g/mol. The van der Waals surface area contributed by atoms with Gasteiger partial charge < -0.3 is 9.88 Å². The molecule has 0 saturated carbocycles. The van der Waals surface area contributed by atoms with Crippen molar-refractivity contribution in [3.63, 3.8) is 0 Å². The van der Waals surface area contributed by atoms with Crippen molar-refractivity contribution in [2.75, 3.05) is 5.32 Å². The van der Waals surface area contributed by atoms with E-state index in [4.69, 9.17) is 0 Å². The molecule has 1 aromatic heterocycles. The minimum Gasteiger partial charge on any atom is -0.325 e. The van der Waals surface area contributed by atoms with Gasteiger partial charge in [-0.15, -0.1) is 6.58 Å². The van der Waals surface area contributed by atoms with Gasteiger partial charge in [0.1, 0.15) is 0 Å². The van der Waals surface area contributed by atoms with E-state index in [1.54, 1.807) is 13.0 Å². The SMILES string of the molecule is C=CCn1c(S[C@H](C)C(=O)Nc2ccc(C(F)(F)F)cc2)nc2ccccc21. The van der Waals surface area contributed by atoms with Crippen molar-refractivity contribution in [2.24, 2.45) is 0 Å². The summed E-state index contributed by atoms with van der Waals surface area (Å²) in [7, 11) is 0. The number of thioether (sulfide) groups is 1. The molecule has 4 nitrogen and oxygen atoms in total. The molecule has 2 aromatic carbocycles. The van der Waals surface area contributed by atoms with E-state index in [2.05, 4.69) is 16.9 Å². The Bertz CT molecular complexity index is 996. The fourth-order valence-corrected chi connectivity index (χ4v) is 3.58. The van der Waals surface area contributed by atoms with Crippen LogP contribution in [0.5, 0.6) is 0 Å². The van der Waals surface area contributed by atoms with Crippen LogP contribution >= 0.6 is 11.8 Å². The summed E-state index contributed by atoms with van der Waals surface area (Å²) in [5.74, 6) is -0.318. The first-order valence-corrected chi connectivity index (χ1v) is 9.38. The molecule has 8 heteroatoms. The number of amides is 1. The van der Waals surface area contributed by atoms with Crippen LogP contribution in [-0.4, -0.2) is 20.7 Å². The Kier molecular flexibility index (Phi) is 5.79. The topological polar surface area (TPSA) is 46.9 Å². The van der Waals surface area contributed by atoms with Gasteiger partial charge in [0.15, 0.2) is 5.16 Å². The number of carbonyl (C=O) groups excluding carboxylic acids is 1. The Morgan fingerprint density at radius 3 is 2.57 bits per heavy atom. The van der Waals surface area contributed by atoms with E-state index in [-0.39, 0.29) is 5.91 Å². The van der Waals surface area contributed by atoms with Crippen LogP contribution in [0.1, 0.15) is 12.5 Å². The molecule has 3 aromatic rings. The number of hydrogen-bond donors (Lipinski definition) is 1. The number of hydrogen-bond acceptors (Lipinski definition) is 3. The second-order valence-corrected chi connectivity index (χ2v) is 7.41. The van der Waals surface area contributed by atoms with E-state index in [0.29, 0.717) is 17.4 Å². The number of imidazole rings is 1. The van der Waals surface area contributed by atoms with Gasteiger partial charge >= 0.3 is 6.18 Å². The molecular weight excluding hydrogens is 387 g/mol. The summed E-state index contributed by atoms with van der Waals surface area (Å²) in [5.41, 5.74) is 1.32. The molecule has 28 heavy (non-hydrogen) atoms. The molecule has 3 rings (SSSR count). The minimum atomic E-state index is -4.41. The Morgan fingerprint density at radius 1 is 1.25 bits per heavy atom. The molecule has 0 aliphatic carbocycles. The number of benzene rings is 2. The number of fused-ring (bicyclic) bond motifs is 1. The van der Waals surface area contributed by atoms with Gasteiger partial charge in [-0.25, -0.2) is 4.98 Å². The summed E-state index contributed by atoms with van der Waals surface area (Å²) in [5, 5.41) is 2.82. The molecule has 1 N–H and O–H groups in total. The molecule has 146 valence electrons. The highest BCUT2D eigenvalue weighted by molar-refractivity contribution is 8.00. The molecule has 1 heterocycles. The lowest BCUT2D eigenvalue weighted by Crippen LogP contribution is -2.23. The highest BCUT2D eigenvalue weighted by Crippen LogP contribution is 2.31. The fourth-order valence-electron chi connectivity index (χ4n) is 2.65. The van der Waals surface area contributed by atoms with Crippen molar-refractivity contribution < 1.29 is 18.0 Å². The van der Waals surface area contributed by atoms with Crippen molar-refractivity contribution >= 4 is 34.4 Å². The number of para-hydroxylation sites is 2. The van der Waals surface area contributed by atoms with E-state index in [1.807, 2.05) is 28.8 Å². The zero-order valence-corrected chi connectivity index (χ0v) is 15.8. The molecule has 0 radical (unpaired) electrons. The number of anilines is 1. The molecule has 0 aliphatic heterocycles. The molecule has 0 saturated heterocycles. The van der Waals surface area contributed by atoms with Crippen LogP contribution in [0.25, 0.3) is 11.0 Å². The maximum absolute atomic E-state index is 12.6. The van der Waals surface area contributed by atoms with Crippen LogP contribution < -0.4 is 5.32 Å². The maximum atomic E-state index is 12.6. The smallest absolute Gasteiger partial charge is 0.325 e. The van der Waals surface area contributed by atoms with Gasteiger partial charge in [0.05, 0.1) is 21.8 Å². The molecule has 0 unspecified atom stereocenters. The number of nitrogens with zero attached hydrogens (tertiary/aromatic N) is 2. The van der Waals surface area contributed by atoms with E-state index in [9.17, 15) is 18.0 Å². The Hall–Kier alpha value is -2.74. The van der Waals surface area contributed by atoms with Crippen LogP contribution in [0.2, 0.25) is 0 Å². The molecule has 0 aliphatic rings. The predicted molar refractivity (Wildman–Crippen MR) is 105 cm³/mol. The van der Waals surface area contributed by atoms with Gasteiger partial charge in [-0.05, 0) is 43.3 Å². The van der Waals surface area contributed by atoms with Crippen molar-refractivity contribution in [2.45, 2.75) is 30.1 Å². The standard InChI is InChI=1S/C20H18F3N3OS/c1-3-12-26-17-7-5-4-6-16(17)25-19(26)28-13(2)18(27)24-15-10-8-14(9-11-15)20(21,22)23/h3-11,13H,1,12H2,2H3,(H,24,27)/t13-/m1/s1. The number of alkyl halides is 3.